The Balaban J connectivity index is 1.99. The minimum absolute atomic E-state index is 0.235. The summed E-state index contributed by atoms with van der Waals surface area (Å²) in [6.07, 6.45) is -0.710. The summed E-state index contributed by atoms with van der Waals surface area (Å²) in [5.41, 5.74) is 8.31. The summed E-state index contributed by atoms with van der Waals surface area (Å²) in [6, 6.07) is 18.8. The Morgan fingerprint density at radius 3 is 2.27 bits per heavy atom. The van der Waals surface area contributed by atoms with Gasteiger partial charge in [0.25, 0.3) is 0 Å². The summed E-state index contributed by atoms with van der Waals surface area (Å²) in [6.45, 7) is 1.88. The van der Waals surface area contributed by atoms with E-state index in [2.05, 4.69) is 5.27 Å². The molecule has 3 aromatic rings. The Hall–Kier alpha value is -2.66. The molecule has 1 heterocycles. The summed E-state index contributed by atoms with van der Waals surface area (Å²) in [5.74, 6) is 0.235. The number of hydrogen-bond acceptors (Lipinski definition) is 4. The molecule has 0 saturated carbocycles. The van der Waals surface area contributed by atoms with Crippen LogP contribution in [0.25, 0.3) is 11.3 Å². The first-order valence-electron chi connectivity index (χ1n) is 7.14. The molecule has 3 N–H and O–H groups in total. The van der Waals surface area contributed by atoms with Crippen LogP contribution in [-0.2, 0) is 0 Å². The Morgan fingerprint density at radius 2 is 1.64 bits per heavy atom. The molecule has 0 bridgehead atoms. The third kappa shape index (κ3) is 2.58. The highest BCUT2D eigenvalue weighted by atomic mass is 16.5. The molecule has 2 atom stereocenters. The molecule has 0 aliphatic heterocycles. The largest absolute Gasteiger partial charge is 0.381 e. The minimum Gasteiger partial charge on any atom is -0.381 e. The number of nitrogen functional groups attached to an aromatic ring is 1. The van der Waals surface area contributed by atoms with E-state index in [4.69, 9.17) is 10.3 Å². The van der Waals surface area contributed by atoms with Crippen molar-refractivity contribution in [3.63, 3.8) is 0 Å². The van der Waals surface area contributed by atoms with Crippen molar-refractivity contribution < 1.29 is 14.3 Å². The highest BCUT2D eigenvalue weighted by molar-refractivity contribution is 5.64. The number of aliphatic hydroxyl groups excluding tert-OH is 1. The van der Waals surface area contributed by atoms with Crippen LogP contribution >= 0.6 is 0 Å². The minimum atomic E-state index is -0.710. The van der Waals surface area contributed by atoms with Crippen molar-refractivity contribution in [2.75, 3.05) is 5.73 Å². The Kier molecular flexibility index (Phi) is 3.89. The standard InChI is InChI=1S/C17H18N3O2/c1-12(16(21)14-10-6-3-7-11-14)20-15(17(18)22-19-20)13-8-4-2-5-9-13/h2-12,16,21H,18H2,1H3/q+1. The van der Waals surface area contributed by atoms with Gasteiger partial charge in [0.05, 0.1) is 5.56 Å². The van der Waals surface area contributed by atoms with Gasteiger partial charge in [-0.2, -0.15) is 0 Å². The third-order valence-corrected chi connectivity index (χ3v) is 3.72. The second kappa shape index (κ2) is 5.99. The molecule has 2 aromatic carbocycles. The smallest absolute Gasteiger partial charge is 0.305 e. The van der Waals surface area contributed by atoms with Crippen molar-refractivity contribution in [1.82, 2.24) is 5.27 Å². The summed E-state index contributed by atoms with van der Waals surface area (Å²) in [4.78, 5) is 0. The fraction of sp³-hybridized carbons (Fsp3) is 0.176. The molecular weight excluding hydrogens is 278 g/mol. The first kappa shape index (κ1) is 14.3. The van der Waals surface area contributed by atoms with Crippen LogP contribution in [0.3, 0.4) is 0 Å². The van der Waals surface area contributed by atoms with Gasteiger partial charge in [-0.1, -0.05) is 48.5 Å². The highest BCUT2D eigenvalue weighted by Gasteiger charge is 2.34. The molecule has 1 aromatic heterocycles. The van der Waals surface area contributed by atoms with Crippen molar-refractivity contribution in [2.24, 2.45) is 0 Å². The van der Waals surface area contributed by atoms with Crippen molar-refractivity contribution in [2.45, 2.75) is 19.1 Å². The predicted molar refractivity (Wildman–Crippen MR) is 82.7 cm³/mol. The summed E-state index contributed by atoms with van der Waals surface area (Å²) in [7, 11) is 0. The van der Waals surface area contributed by atoms with Crippen molar-refractivity contribution in [3.8, 4) is 11.3 Å². The number of aromatic nitrogens is 2. The van der Waals surface area contributed by atoms with E-state index in [0.717, 1.165) is 11.1 Å². The molecule has 112 valence electrons. The highest BCUT2D eigenvalue weighted by Crippen LogP contribution is 2.27. The molecular formula is C17H18N3O2+. The first-order chi connectivity index (χ1) is 10.7. The van der Waals surface area contributed by atoms with Gasteiger partial charge in [0.2, 0.25) is 11.3 Å². The zero-order valence-electron chi connectivity index (χ0n) is 12.3. The molecule has 2 unspecified atom stereocenters. The molecule has 0 fully saturated rings. The Bertz CT molecular complexity index is 741. The number of aliphatic hydroxyl groups is 1. The van der Waals surface area contributed by atoms with Crippen LogP contribution in [0.15, 0.2) is 65.2 Å². The van der Waals surface area contributed by atoms with Crippen LogP contribution < -0.4 is 10.4 Å². The van der Waals surface area contributed by atoms with Crippen LogP contribution in [0.2, 0.25) is 0 Å². The molecule has 0 aliphatic rings. The van der Waals surface area contributed by atoms with E-state index >= 15 is 0 Å². The second-order valence-corrected chi connectivity index (χ2v) is 5.19. The summed E-state index contributed by atoms with van der Waals surface area (Å²) >= 11 is 0. The fourth-order valence-corrected chi connectivity index (χ4v) is 2.50. The second-order valence-electron chi connectivity index (χ2n) is 5.19. The van der Waals surface area contributed by atoms with Crippen LogP contribution in [0, 0.1) is 0 Å². The maximum Gasteiger partial charge on any atom is 0.305 e. The van der Waals surface area contributed by atoms with Gasteiger partial charge in [-0.25, -0.2) is 0 Å². The first-order valence-corrected chi connectivity index (χ1v) is 7.14. The summed E-state index contributed by atoms with van der Waals surface area (Å²) in [5, 5.41) is 14.6. The van der Waals surface area contributed by atoms with Gasteiger partial charge in [0.15, 0.2) is 0 Å². The molecule has 22 heavy (non-hydrogen) atoms. The lowest BCUT2D eigenvalue weighted by molar-refractivity contribution is -0.780. The maximum absolute atomic E-state index is 10.6. The van der Waals surface area contributed by atoms with E-state index in [1.807, 2.05) is 67.6 Å². The van der Waals surface area contributed by atoms with Gasteiger partial charge in [-0.15, -0.1) is 0 Å². The number of anilines is 1. The zero-order chi connectivity index (χ0) is 15.5. The van der Waals surface area contributed by atoms with E-state index in [9.17, 15) is 5.11 Å². The molecule has 0 amide bonds. The maximum atomic E-state index is 10.6. The van der Waals surface area contributed by atoms with Gasteiger partial charge in [0.1, 0.15) is 6.10 Å². The quantitative estimate of drug-likeness (QED) is 0.725. The van der Waals surface area contributed by atoms with Crippen LogP contribution in [-0.4, -0.2) is 10.4 Å². The van der Waals surface area contributed by atoms with Crippen molar-refractivity contribution >= 4 is 5.88 Å². The molecule has 0 radical (unpaired) electrons. The fourth-order valence-electron chi connectivity index (χ4n) is 2.50. The molecule has 3 rings (SSSR count). The van der Waals surface area contributed by atoms with Crippen LogP contribution in [0.4, 0.5) is 5.88 Å². The molecule has 0 aliphatic carbocycles. The molecule has 5 heteroatoms. The van der Waals surface area contributed by atoms with E-state index < -0.39 is 6.10 Å². The molecule has 5 nitrogen and oxygen atoms in total. The lowest BCUT2D eigenvalue weighted by atomic mass is 10.0. The van der Waals surface area contributed by atoms with E-state index in [1.165, 1.54) is 0 Å². The average molecular weight is 296 g/mol. The number of nitrogens with two attached hydrogens (primary N) is 1. The number of hydrogen-bond donors (Lipinski definition) is 2. The van der Waals surface area contributed by atoms with E-state index in [0.29, 0.717) is 5.69 Å². The lowest BCUT2D eigenvalue weighted by Gasteiger charge is -2.12. The number of benzene rings is 2. The van der Waals surface area contributed by atoms with Gasteiger partial charge < -0.3 is 10.8 Å². The normalized spacial score (nSPS) is 13.7. The zero-order valence-corrected chi connectivity index (χ0v) is 12.3. The van der Waals surface area contributed by atoms with Crippen LogP contribution in [0.1, 0.15) is 24.6 Å². The van der Waals surface area contributed by atoms with Crippen LogP contribution in [0.5, 0.6) is 0 Å². The number of nitrogens with zero attached hydrogens (tertiary/aromatic N) is 2. The van der Waals surface area contributed by atoms with Gasteiger partial charge in [-0.05, 0) is 22.4 Å². The van der Waals surface area contributed by atoms with Gasteiger partial charge in [0, 0.05) is 6.92 Å². The van der Waals surface area contributed by atoms with E-state index in [-0.39, 0.29) is 11.9 Å². The topological polar surface area (TPSA) is 76.2 Å². The predicted octanol–water partition coefficient (Wildman–Crippen LogP) is 2.51. The van der Waals surface area contributed by atoms with Gasteiger partial charge >= 0.3 is 11.6 Å². The number of rotatable bonds is 4. The van der Waals surface area contributed by atoms with Gasteiger partial charge in [-0.3, -0.25) is 4.52 Å². The van der Waals surface area contributed by atoms with E-state index in [1.54, 1.807) is 4.68 Å². The molecule has 0 saturated heterocycles. The van der Waals surface area contributed by atoms with Crippen molar-refractivity contribution in [3.05, 3.63) is 66.2 Å². The summed E-state index contributed by atoms with van der Waals surface area (Å²) < 4.78 is 6.76. The SMILES string of the molecule is CC(C(O)c1ccccc1)[n+]1noc(N)c1-c1ccccc1. The average Bonchev–Trinajstić information content (AvgIpc) is 2.96. The Labute approximate surface area is 128 Å². The molecule has 0 spiro atoms. The Morgan fingerprint density at radius 1 is 1.05 bits per heavy atom. The third-order valence-electron chi connectivity index (χ3n) is 3.72. The van der Waals surface area contributed by atoms with Crippen molar-refractivity contribution in [1.29, 1.82) is 0 Å². The monoisotopic (exact) mass is 296 g/mol. The lowest BCUT2D eigenvalue weighted by Crippen LogP contribution is -2.44.